The number of H-pyrrole nitrogens is 1. The number of aryl methyl sites for hydroxylation is 2. The van der Waals surface area contributed by atoms with Crippen LogP contribution in [0.3, 0.4) is 0 Å². The normalized spacial score (nSPS) is 16.0. The lowest BCUT2D eigenvalue weighted by Gasteiger charge is -2.32. The van der Waals surface area contributed by atoms with Crippen molar-refractivity contribution in [3.63, 3.8) is 0 Å². The zero-order valence-electron chi connectivity index (χ0n) is 16.0. The number of aromatic amines is 1. The van der Waals surface area contributed by atoms with Gasteiger partial charge in [0, 0.05) is 38.3 Å². The number of rotatable bonds is 5. The van der Waals surface area contributed by atoms with E-state index < -0.39 is 5.97 Å². The highest BCUT2D eigenvalue weighted by Crippen LogP contribution is 2.28. The van der Waals surface area contributed by atoms with Crippen molar-refractivity contribution in [1.82, 2.24) is 25.2 Å². The van der Waals surface area contributed by atoms with E-state index in [2.05, 4.69) is 51.3 Å². The number of ether oxygens (including phenoxy) is 1. The Kier molecular flexibility index (Phi) is 5.68. The van der Waals surface area contributed by atoms with Gasteiger partial charge in [0.2, 0.25) is 0 Å². The molecule has 2 aromatic rings. The third kappa shape index (κ3) is 3.94. The molecule has 1 N–H and O–H groups in total. The van der Waals surface area contributed by atoms with Crippen molar-refractivity contribution < 1.29 is 9.53 Å². The SMILES string of the molecule is CCOC(=O)c1n[nH]nc1-c1cc(CN2CCN(C)CC2)c(C)cc1C. The molecule has 3 rings (SSSR count). The summed E-state index contributed by atoms with van der Waals surface area (Å²) >= 11 is 0. The molecular weight excluding hydrogens is 330 g/mol. The van der Waals surface area contributed by atoms with Crippen LogP contribution >= 0.6 is 0 Å². The average molecular weight is 357 g/mol. The van der Waals surface area contributed by atoms with E-state index in [1.807, 2.05) is 6.92 Å². The first kappa shape index (κ1) is 18.5. The molecule has 0 bridgehead atoms. The van der Waals surface area contributed by atoms with Crippen molar-refractivity contribution >= 4 is 5.97 Å². The second-order valence-electron chi connectivity index (χ2n) is 6.91. The Bertz CT molecular complexity index is 778. The molecule has 26 heavy (non-hydrogen) atoms. The summed E-state index contributed by atoms with van der Waals surface area (Å²) in [7, 11) is 2.16. The van der Waals surface area contributed by atoms with Gasteiger partial charge >= 0.3 is 5.97 Å². The first-order chi connectivity index (χ1) is 12.5. The Balaban J connectivity index is 1.89. The number of carbonyl (C=O) groups is 1. The molecule has 1 fully saturated rings. The van der Waals surface area contributed by atoms with Crippen LogP contribution < -0.4 is 0 Å². The van der Waals surface area contributed by atoms with Crippen LogP contribution in [0.1, 0.15) is 34.1 Å². The highest BCUT2D eigenvalue weighted by Gasteiger charge is 2.22. The number of nitrogens with one attached hydrogen (secondary N) is 1. The number of aromatic nitrogens is 3. The number of esters is 1. The molecule has 7 heteroatoms. The van der Waals surface area contributed by atoms with Gasteiger partial charge in [-0.2, -0.15) is 10.3 Å². The third-order valence-corrected chi connectivity index (χ3v) is 4.94. The number of likely N-dealkylation sites (N-methyl/N-ethyl adjacent to an activating group) is 1. The van der Waals surface area contributed by atoms with Gasteiger partial charge in [0.05, 0.1) is 6.61 Å². The fraction of sp³-hybridized carbons (Fsp3) is 0.526. The van der Waals surface area contributed by atoms with E-state index in [1.165, 1.54) is 11.1 Å². The van der Waals surface area contributed by atoms with Crippen molar-refractivity contribution in [2.75, 3.05) is 39.8 Å². The number of hydrogen-bond donors (Lipinski definition) is 1. The minimum absolute atomic E-state index is 0.240. The van der Waals surface area contributed by atoms with Crippen LogP contribution in [0.2, 0.25) is 0 Å². The van der Waals surface area contributed by atoms with Crippen LogP contribution in [0.15, 0.2) is 12.1 Å². The van der Waals surface area contributed by atoms with Crippen LogP contribution in [0.4, 0.5) is 0 Å². The largest absolute Gasteiger partial charge is 0.461 e. The number of hydrogen-bond acceptors (Lipinski definition) is 6. The van der Waals surface area contributed by atoms with E-state index in [0.29, 0.717) is 12.3 Å². The molecule has 1 saturated heterocycles. The maximum Gasteiger partial charge on any atom is 0.361 e. The molecule has 0 saturated carbocycles. The van der Waals surface area contributed by atoms with Crippen LogP contribution in [-0.2, 0) is 11.3 Å². The molecule has 0 aliphatic carbocycles. The average Bonchev–Trinajstić information content (AvgIpc) is 3.09. The van der Waals surface area contributed by atoms with Crippen molar-refractivity contribution in [3.05, 3.63) is 34.5 Å². The highest BCUT2D eigenvalue weighted by atomic mass is 16.5. The van der Waals surface area contributed by atoms with E-state index in [1.54, 1.807) is 6.92 Å². The number of piperazine rings is 1. The Labute approximate surface area is 154 Å². The summed E-state index contributed by atoms with van der Waals surface area (Å²) in [6.07, 6.45) is 0. The fourth-order valence-electron chi connectivity index (χ4n) is 3.33. The lowest BCUT2D eigenvalue weighted by atomic mass is 9.96. The Morgan fingerprint density at radius 2 is 1.88 bits per heavy atom. The monoisotopic (exact) mass is 357 g/mol. The van der Waals surface area contributed by atoms with Crippen LogP contribution in [0.5, 0.6) is 0 Å². The molecule has 1 aromatic heterocycles. The first-order valence-electron chi connectivity index (χ1n) is 9.09. The van der Waals surface area contributed by atoms with Crippen LogP contribution in [-0.4, -0.2) is 71.0 Å². The maximum atomic E-state index is 12.2. The maximum absolute atomic E-state index is 12.2. The van der Waals surface area contributed by atoms with Gasteiger partial charge in [0.25, 0.3) is 0 Å². The summed E-state index contributed by atoms with van der Waals surface area (Å²) in [4.78, 5) is 17.0. The molecular formula is C19H27N5O2. The minimum Gasteiger partial charge on any atom is -0.461 e. The minimum atomic E-state index is -0.447. The number of nitrogens with zero attached hydrogens (tertiary/aromatic N) is 4. The van der Waals surface area contributed by atoms with Crippen molar-refractivity contribution in [1.29, 1.82) is 0 Å². The molecule has 0 atom stereocenters. The summed E-state index contributed by atoms with van der Waals surface area (Å²) in [5.74, 6) is -0.447. The molecule has 1 aliphatic heterocycles. The molecule has 7 nitrogen and oxygen atoms in total. The Morgan fingerprint density at radius 3 is 2.58 bits per heavy atom. The first-order valence-corrected chi connectivity index (χ1v) is 9.09. The Hall–Kier alpha value is -2.25. The number of carbonyl (C=O) groups excluding carboxylic acids is 1. The molecule has 0 spiro atoms. The van der Waals surface area contributed by atoms with E-state index in [-0.39, 0.29) is 5.69 Å². The zero-order chi connectivity index (χ0) is 18.7. The van der Waals surface area contributed by atoms with E-state index >= 15 is 0 Å². The standard InChI is InChI=1S/C19H27N5O2/c1-5-26-19(25)18-17(20-22-21-18)16-11-15(13(2)10-14(16)3)12-24-8-6-23(4)7-9-24/h10-11H,5-9,12H2,1-4H3,(H,20,21,22). The van der Waals surface area contributed by atoms with Gasteiger partial charge in [-0.15, -0.1) is 5.10 Å². The van der Waals surface area contributed by atoms with Crippen molar-refractivity contribution in [2.24, 2.45) is 0 Å². The summed E-state index contributed by atoms with van der Waals surface area (Å²) in [6, 6.07) is 4.30. The molecule has 0 amide bonds. The molecule has 0 unspecified atom stereocenters. The lowest BCUT2D eigenvalue weighted by Crippen LogP contribution is -2.43. The highest BCUT2D eigenvalue weighted by molar-refractivity contribution is 5.94. The summed E-state index contributed by atoms with van der Waals surface area (Å²) in [5, 5.41) is 10.8. The van der Waals surface area contributed by atoms with Crippen LogP contribution in [0, 0.1) is 13.8 Å². The van der Waals surface area contributed by atoms with E-state index in [4.69, 9.17) is 4.74 Å². The van der Waals surface area contributed by atoms with Gasteiger partial charge in [0.15, 0.2) is 5.69 Å². The predicted molar refractivity (Wildman–Crippen MR) is 100 cm³/mol. The second-order valence-corrected chi connectivity index (χ2v) is 6.91. The molecule has 0 radical (unpaired) electrons. The van der Waals surface area contributed by atoms with Crippen molar-refractivity contribution in [2.45, 2.75) is 27.3 Å². The molecule has 1 aromatic carbocycles. The Morgan fingerprint density at radius 1 is 1.15 bits per heavy atom. The van der Waals surface area contributed by atoms with E-state index in [0.717, 1.165) is 43.9 Å². The van der Waals surface area contributed by atoms with E-state index in [9.17, 15) is 4.79 Å². The van der Waals surface area contributed by atoms with Gasteiger partial charge in [-0.25, -0.2) is 4.79 Å². The zero-order valence-corrected chi connectivity index (χ0v) is 16.0. The molecule has 140 valence electrons. The predicted octanol–water partition coefficient (Wildman–Crippen LogP) is 2.01. The van der Waals surface area contributed by atoms with Gasteiger partial charge in [-0.1, -0.05) is 6.07 Å². The van der Waals surface area contributed by atoms with Gasteiger partial charge in [-0.05, 0) is 50.6 Å². The summed E-state index contributed by atoms with van der Waals surface area (Å²) in [6.45, 7) is 11.5. The van der Waals surface area contributed by atoms with Crippen molar-refractivity contribution in [3.8, 4) is 11.3 Å². The lowest BCUT2D eigenvalue weighted by molar-refractivity contribution is 0.0520. The smallest absolute Gasteiger partial charge is 0.361 e. The summed E-state index contributed by atoms with van der Waals surface area (Å²) < 4.78 is 5.10. The number of benzene rings is 1. The van der Waals surface area contributed by atoms with Crippen LogP contribution in [0.25, 0.3) is 11.3 Å². The fourth-order valence-corrected chi connectivity index (χ4v) is 3.33. The quantitative estimate of drug-likeness (QED) is 0.825. The molecule has 2 heterocycles. The summed E-state index contributed by atoms with van der Waals surface area (Å²) in [5.41, 5.74) is 5.31. The molecule has 1 aliphatic rings. The third-order valence-electron chi connectivity index (χ3n) is 4.94. The second kappa shape index (κ2) is 7.97. The topological polar surface area (TPSA) is 74.3 Å². The van der Waals surface area contributed by atoms with Gasteiger partial charge < -0.3 is 9.64 Å². The van der Waals surface area contributed by atoms with Gasteiger partial charge in [0.1, 0.15) is 5.69 Å². The van der Waals surface area contributed by atoms with Gasteiger partial charge in [-0.3, -0.25) is 4.90 Å².